The van der Waals surface area contributed by atoms with Crippen LogP contribution in [0.2, 0.25) is 0 Å². The van der Waals surface area contributed by atoms with Gasteiger partial charge in [0.1, 0.15) is 5.75 Å². The molecule has 2 N–H and O–H groups in total. The van der Waals surface area contributed by atoms with Gasteiger partial charge in [-0.2, -0.15) is 0 Å². The predicted molar refractivity (Wildman–Crippen MR) is 79.0 cm³/mol. The zero-order chi connectivity index (χ0) is 14.1. The largest absolute Gasteiger partial charge is 0.497 e. The highest BCUT2D eigenvalue weighted by Gasteiger charge is 2.34. The molecule has 1 aromatic rings. The summed E-state index contributed by atoms with van der Waals surface area (Å²) in [5.74, 6) is 1.62. The maximum Gasteiger partial charge on any atom is 0.488 e. The van der Waals surface area contributed by atoms with Crippen molar-refractivity contribution in [3.8, 4) is 5.75 Å². The van der Waals surface area contributed by atoms with E-state index in [1.807, 2.05) is 6.07 Å². The maximum absolute atomic E-state index is 9.53. The Hall–Kier alpha value is -1.04. The van der Waals surface area contributed by atoms with E-state index in [2.05, 4.69) is 4.90 Å². The van der Waals surface area contributed by atoms with E-state index >= 15 is 0 Å². The molecule has 2 saturated carbocycles. The van der Waals surface area contributed by atoms with E-state index in [1.165, 1.54) is 25.7 Å². The van der Waals surface area contributed by atoms with Crippen molar-refractivity contribution in [3.63, 3.8) is 0 Å². The second-order valence-electron chi connectivity index (χ2n) is 6.04. The molecular weight excluding hydrogens is 253 g/mol. The van der Waals surface area contributed by atoms with Crippen LogP contribution >= 0.6 is 0 Å². The van der Waals surface area contributed by atoms with Crippen molar-refractivity contribution in [3.05, 3.63) is 23.8 Å². The van der Waals surface area contributed by atoms with Gasteiger partial charge in [-0.3, -0.25) is 4.90 Å². The van der Waals surface area contributed by atoms with Crippen LogP contribution in [0, 0.1) is 5.92 Å². The third kappa shape index (κ3) is 3.34. The lowest BCUT2D eigenvalue weighted by Crippen LogP contribution is -2.37. The minimum absolute atomic E-state index is 0.590. The first-order valence-electron chi connectivity index (χ1n) is 7.44. The third-order valence-electron chi connectivity index (χ3n) is 4.25. The van der Waals surface area contributed by atoms with Gasteiger partial charge in [-0.15, -0.1) is 0 Å². The lowest BCUT2D eigenvalue weighted by atomic mass is 9.77. The second kappa shape index (κ2) is 5.76. The molecule has 3 rings (SSSR count). The molecule has 0 atom stereocenters. The highest BCUT2D eigenvalue weighted by atomic mass is 16.5. The number of hydrogen-bond donors (Lipinski definition) is 2. The molecule has 0 unspecified atom stereocenters. The van der Waals surface area contributed by atoms with Gasteiger partial charge in [0.25, 0.3) is 0 Å². The van der Waals surface area contributed by atoms with Gasteiger partial charge in [0.15, 0.2) is 0 Å². The molecule has 2 aliphatic carbocycles. The minimum Gasteiger partial charge on any atom is -0.497 e. The van der Waals surface area contributed by atoms with Crippen molar-refractivity contribution in [2.24, 2.45) is 5.92 Å². The van der Waals surface area contributed by atoms with Crippen LogP contribution in [0.25, 0.3) is 0 Å². The van der Waals surface area contributed by atoms with Crippen molar-refractivity contribution < 1.29 is 14.8 Å². The predicted octanol–water partition coefficient (Wildman–Crippen LogP) is 0.749. The van der Waals surface area contributed by atoms with Crippen molar-refractivity contribution in [2.75, 3.05) is 13.7 Å². The molecular formula is C15H22BNO3. The van der Waals surface area contributed by atoms with E-state index in [9.17, 15) is 10.0 Å². The van der Waals surface area contributed by atoms with Crippen LogP contribution in [0.3, 0.4) is 0 Å². The van der Waals surface area contributed by atoms with Gasteiger partial charge in [0, 0.05) is 19.1 Å². The number of nitrogens with zero attached hydrogens (tertiary/aromatic N) is 1. The van der Waals surface area contributed by atoms with Crippen LogP contribution in [0.5, 0.6) is 5.75 Å². The summed E-state index contributed by atoms with van der Waals surface area (Å²) in [4.78, 5) is 2.50. The smallest absolute Gasteiger partial charge is 0.488 e. The molecule has 4 nitrogen and oxygen atoms in total. The average Bonchev–Trinajstić information content (AvgIpc) is 3.29. The van der Waals surface area contributed by atoms with Gasteiger partial charge in [0.2, 0.25) is 0 Å². The van der Waals surface area contributed by atoms with Crippen molar-refractivity contribution in [2.45, 2.75) is 38.3 Å². The number of ether oxygens (including phenoxy) is 1. The van der Waals surface area contributed by atoms with Crippen LogP contribution < -0.4 is 10.2 Å². The van der Waals surface area contributed by atoms with Gasteiger partial charge >= 0.3 is 7.12 Å². The average molecular weight is 275 g/mol. The molecule has 2 aliphatic rings. The first-order chi connectivity index (χ1) is 9.67. The number of hydrogen-bond acceptors (Lipinski definition) is 4. The Bertz CT molecular complexity index is 472. The molecule has 1 aromatic carbocycles. The minimum atomic E-state index is -1.42. The molecule has 5 heteroatoms. The van der Waals surface area contributed by atoms with E-state index < -0.39 is 7.12 Å². The number of methoxy groups -OCH3 is 1. The van der Waals surface area contributed by atoms with E-state index in [0.29, 0.717) is 11.5 Å². The molecule has 0 aliphatic heterocycles. The molecule has 0 saturated heterocycles. The van der Waals surface area contributed by atoms with Gasteiger partial charge in [-0.05, 0) is 54.8 Å². The fourth-order valence-corrected chi connectivity index (χ4v) is 2.73. The number of rotatable bonds is 7. The van der Waals surface area contributed by atoms with Crippen LogP contribution in [0.4, 0.5) is 0 Å². The van der Waals surface area contributed by atoms with Crippen LogP contribution in [-0.2, 0) is 6.54 Å². The van der Waals surface area contributed by atoms with Gasteiger partial charge in [-0.1, -0.05) is 6.07 Å². The molecule has 0 amide bonds. The van der Waals surface area contributed by atoms with Crippen LogP contribution in [0.15, 0.2) is 18.2 Å². The van der Waals surface area contributed by atoms with E-state index in [1.54, 1.807) is 19.2 Å². The van der Waals surface area contributed by atoms with Crippen molar-refractivity contribution in [1.29, 1.82) is 0 Å². The van der Waals surface area contributed by atoms with E-state index in [4.69, 9.17) is 4.74 Å². The third-order valence-corrected chi connectivity index (χ3v) is 4.25. The summed E-state index contributed by atoms with van der Waals surface area (Å²) in [6.07, 6.45) is 5.23. The summed E-state index contributed by atoms with van der Waals surface area (Å²) in [6, 6.07) is 6.14. The Balaban J connectivity index is 1.78. The molecule has 0 aromatic heterocycles. The summed E-state index contributed by atoms with van der Waals surface area (Å²) in [6.45, 7) is 1.92. The lowest BCUT2D eigenvalue weighted by Gasteiger charge is -2.23. The Morgan fingerprint density at radius 3 is 2.55 bits per heavy atom. The quantitative estimate of drug-likeness (QED) is 0.721. The zero-order valence-corrected chi connectivity index (χ0v) is 12.0. The topological polar surface area (TPSA) is 52.9 Å². The van der Waals surface area contributed by atoms with Crippen LogP contribution in [-0.4, -0.2) is 41.8 Å². The Kier molecular flexibility index (Phi) is 4.01. The summed E-state index contributed by atoms with van der Waals surface area (Å²) >= 11 is 0. The monoisotopic (exact) mass is 275 g/mol. The molecule has 0 radical (unpaired) electrons. The second-order valence-corrected chi connectivity index (χ2v) is 6.04. The Morgan fingerprint density at radius 2 is 2.00 bits per heavy atom. The fourth-order valence-electron chi connectivity index (χ4n) is 2.73. The van der Waals surface area contributed by atoms with Crippen molar-refractivity contribution in [1.82, 2.24) is 4.90 Å². The molecule has 20 heavy (non-hydrogen) atoms. The van der Waals surface area contributed by atoms with Gasteiger partial charge in [0.05, 0.1) is 7.11 Å². The highest BCUT2D eigenvalue weighted by molar-refractivity contribution is 6.59. The number of benzene rings is 1. The van der Waals surface area contributed by atoms with Gasteiger partial charge in [-0.25, -0.2) is 0 Å². The Morgan fingerprint density at radius 1 is 1.25 bits per heavy atom. The molecule has 0 heterocycles. The first-order valence-corrected chi connectivity index (χ1v) is 7.44. The lowest BCUT2D eigenvalue weighted by molar-refractivity contribution is 0.244. The summed E-state index contributed by atoms with van der Waals surface area (Å²) in [5.41, 5.74) is 1.55. The summed E-state index contributed by atoms with van der Waals surface area (Å²) in [7, 11) is 0.217. The maximum atomic E-state index is 9.53. The normalized spacial score (nSPS) is 18.4. The summed E-state index contributed by atoms with van der Waals surface area (Å²) < 4.78 is 5.26. The summed E-state index contributed by atoms with van der Waals surface area (Å²) in [5, 5.41) is 19.1. The van der Waals surface area contributed by atoms with E-state index in [-0.39, 0.29) is 0 Å². The molecule has 0 bridgehead atoms. The van der Waals surface area contributed by atoms with Crippen LogP contribution in [0.1, 0.15) is 31.2 Å². The SMILES string of the molecule is COc1ccc(B(O)O)c(CN(CC2CC2)C2CC2)c1. The van der Waals surface area contributed by atoms with Crippen molar-refractivity contribution >= 4 is 12.6 Å². The van der Waals surface area contributed by atoms with Gasteiger partial charge < -0.3 is 14.8 Å². The molecule has 2 fully saturated rings. The fraction of sp³-hybridized carbons (Fsp3) is 0.600. The first kappa shape index (κ1) is 13.9. The highest BCUT2D eigenvalue weighted by Crippen LogP contribution is 2.35. The standard InChI is InChI=1S/C15H22BNO3/c1-20-14-6-7-15(16(18)19)12(8-14)10-17(13-4-5-13)9-11-2-3-11/h6-8,11,13,18-19H,2-5,9-10H2,1H3. The molecule has 0 spiro atoms. The van der Waals surface area contributed by atoms with E-state index in [0.717, 1.165) is 30.3 Å². The molecule has 108 valence electrons. The Labute approximate surface area is 120 Å². The zero-order valence-electron chi connectivity index (χ0n) is 12.0.